The van der Waals surface area contributed by atoms with E-state index >= 15 is 0 Å². The van der Waals surface area contributed by atoms with E-state index in [2.05, 4.69) is 20.0 Å². The molecule has 0 aliphatic rings. The third-order valence-corrected chi connectivity index (χ3v) is 6.86. The number of ether oxygens (including phenoxy) is 1. The van der Waals surface area contributed by atoms with Crippen molar-refractivity contribution in [2.45, 2.75) is 46.0 Å². The predicted octanol–water partition coefficient (Wildman–Crippen LogP) is 2.67. The van der Waals surface area contributed by atoms with Gasteiger partial charge >= 0.3 is 5.97 Å². The number of carbonyl (C=O) groups excluding carboxylic acids is 1. The Morgan fingerprint density at radius 2 is 2.00 bits per heavy atom. The Kier molecular flexibility index (Phi) is 5.83. The molecule has 0 amide bonds. The Bertz CT molecular complexity index is 240. The van der Waals surface area contributed by atoms with Crippen LogP contribution in [0.3, 0.4) is 0 Å². The number of carbonyl (C=O) groups is 1. The van der Waals surface area contributed by atoms with Crippen LogP contribution in [0.15, 0.2) is 12.2 Å². The minimum atomic E-state index is -1.92. The fourth-order valence-corrected chi connectivity index (χ4v) is 3.25. The molecule has 0 saturated heterocycles. The van der Waals surface area contributed by atoms with Crippen LogP contribution in [0.5, 0.6) is 0 Å². The summed E-state index contributed by atoms with van der Waals surface area (Å²) < 4.78 is 11.1. The molecule has 0 aromatic rings. The summed E-state index contributed by atoms with van der Waals surface area (Å²) in [6.45, 7) is 13.9. The van der Waals surface area contributed by atoms with Crippen molar-refractivity contribution in [3.8, 4) is 0 Å². The van der Waals surface area contributed by atoms with Gasteiger partial charge in [-0.15, -0.1) is 0 Å². The second-order valence-corrected chi connectivity index (χ2v) is 8.36. The first-order chi connectivity index (χ1) is 6.87. The summed E-state index contributed by atoms with van der Waals surface area (Å²) in [5.74, 6) is -0.325. The first kappa shape index (κ1) is 14.4. The van der Waals surface area contributed by atoms with E-state index in [1.165, 1.54) is 0 Å². The molecule has 0 saturated carbocycles. The molecule has 0 aromatic heterocycles. The summed E-state index contributed by atoms with van der Waals surface area (Å²) >= 11 is 0. The lowest BCUT2D eigenvalue weighted by atomic mass is 10.4. The van der Waals surface area contributed by atoms with Crippen LogP contribution >= 0.6 is 0 Å². The maximum atomic E-state index is 11.4. The lowest BCUT2D eigenvalue weighted by Crippen LogP contribution is -2.48. The van der Waals surface area contributed by atoms with Crippen molar-refractivity contribution in [3.63, 3.8) is 0 Å². The maximum Gasteiger partial charge on any atom is 0.333 e. The van der Waals surface area contributed by atoms with Crippen molar-refractivity contribution in [3.05, 3.63) is 12.2 Å². The molecule has 88 valence electrons. The molecule has 15 heavy (non-hydrogen) atoms. The predicted molar refractivity (Wildman–Crippen MR) is 64.1 cm³/mol. The molecule has 0 heterocycles. The highest BCUT2D eigenvalue weighted by molar-refractivity contribution is 6.73. The van der Waals surface area contributed by atoms with E-state index in [1.54, 1.807) is 6.92 Å². The van der Waals surface area contributed by atoms with Gasteiger partial charge in [0.1, 0.15) is 5.73 Å². The van der Waals surface area contributed by atoms with E-state index < -0.39 is 8.32 Å². The van der Waals surface area contributed by atoms with Crippen molar-refractivity contribution in [1.82, 2.24) is 0 Å². The Labute approximate surface area is 93.6 Å². The number of rotatable bonds is 6. The summed E-state index contributed by atoms with van der Waals surface area (Å²) in [5.41, 5.74) is 0.303. The molecular formula is C11H22O3Si. The SMILES string of the molecule is C=C(C)C(=O)OC(C)[Si](C)(CC)OCC. The Morgan fingerprint density at radius 3 is 2.33 bits per heavy atom. The van der Waals surface area contributed by atoms with E-state index in [-0.39, 0.29) is 11.7 Å². The van der Waals surface area contributed by atoms with Gasteiger partial charge in [-0.3, -0.25) is 0 Å². The van der Waals surface area contributed by atoms with E-state index in [9.17, 15) is 4.79 Å². The van der Waals surface area contributed by atoms with Gasteiger partial charge in [0.15, 0.2) is 0 Å². The van der Waals surface area contributed by atoms with Gasteiger partial charge < -0.3 is 9.16 Å². The molecule has 0 aliphatic carbocycles. The first-order valence-corrected chi connectivity index (χ1v) is 8.07. The number of hydrogen-bond acceptors (Lipinski definition) is 3. The second-order valence-electron chi connectivity index (χ2n) is 3.93. The van der Waals surface area contributed by atoms with Crippen molar-refractivity contribution in [2.24, 2.45) is 0 Å². The van der Waals surface area contributed by atoms with Crippen LogP contribution in [0.4, 0.5) is 0 Å². The molecule has 0 bridgehead atoms. The van der Waals surface area contributed by atoms with E-state index in [0.29, 0.717) is 12.2 Å². The third kappa shape index (κ3) is 4.18. The lowest BCUT2D eigenvalue weighted by Gasteiger charge is -2.31. The van der Waals surface area contributed by atoms with Crippen molar-refractivity contribution < 1.29 is 14.0 Å². The number of esters is 1. The molecular weight excluding hydrogens is 208 g/mol. The molecule has 2 unspecified atom stereocenters. The van der Waals surface area contributed by atoms with Crippen LogP contribution in [0.25, 0.3) is 0 Å². The quantitative estimate of drug-likeness (QED) is 0.400. The van der Waals surface area contributed by atoms with Crippen LogP contribution in [0.1, 0.15) is 27.7 Å². The third-order valence-electron chi connectivity index (χ3n) is 2.67. The summed E-state index contributed by atoms with van der Waals surface area (Å²) in [4.78, 5) is 11.4. The monoisotopic (exact) mass is 230 g/mol. The number of hydrogen-bond donors (Lipinski definition) is 0. The molecule has 0 rings (SSSR count). The van der Waals surface area contributed by atoms with Gasteiger partial charge in [0.05, 0.1) is 0 Å². The molecule has 4 heteroatoms. The molecule has 2 atom stereocenters. The zero-order valence-corrected chi connectivity index (χ0v) is 11.4. The molecule has 3 nitrogen and oxygen atoms in total. The van der Waals surface area contributed by atoms with E-state index in [4.69, 9.17) is 9.16 Å². The topological polar surface area (TPSA) is 35.5 Å². The van der Waals surface area contributed by atoms with Crippen LogP contribution in [-0.4, -0.2) is 26.6 Å². The van der Waals surface area contributed by atoms with Crippen LogP contribution < -0.4 is 0 Å². The average molecular weight is 230 g/mol. The summed E-state index contributed by atoms with van der Waals surface area (Å²) in [6, 6.07) is 0.936. The Balaban J connectivity index is 4.45. The van der Waals surface area contributed by atoms with Gasteiger partial charge in [-0.25, -0.2) is 4.79 Å². The van der Waals surface area contributed by atoms with Gasteiger partial charge in [-0.05, 0) is 33.4 Å². The first-order valence-electron chi connectivity index (χ1n) is 5.37. The lowest BCUT2D eigenvalue weighted by molar-refractivity contribution is -0.141. The highest BCUT2D eigenvalue weighted by Crippen LogP contribution is 2.19. The van der Waals surface area contributed by atoms with E-state index in [0.717, 1.165) is 6.04 Å². The molecule has 0 N–H and O–H groups in total. The average Bonchev–Trinajstić information content (AvgIpc) is 2.17. The minimum absolute atomic E-state index is 0.133. The normalized spacial score (nSPS) is 16.6. The van der Waals surface area contributed by atoms with Crippen LogP contribution in [-0.2, 0) is 14.0 Å². The van der Waals surface area contributed by atoms with Gasteiger partial charge in [-0.1, -0.05) is 13.5 Å². The Hall–Kier alpha value is -0.613. The highest BCUT2D eigenvalue weighted by atomic mass is 28.4. The fraction of sp³-hybridized carbons (Fsp3) is 0.727. The second kappa shape index (κ2) is 6.08. The van der Waals surface area contributed by atoms with Gasteiger partial charge in [0.25, 0.3) is 0 Å². The summed E-state index contributed by atoms with van der Waals surface area (Å²) in [5, 5.41) is 0. The van der Waals surface area contributed by atoms with Gasteiger partial charge in [-0.2, -0.15) is 0 Å². The van der Waals surface area contributed by atoms with Crippen molar-refractivity contribution in [2.75, 3.05) is 6.61 Å². The highest BCUT2D eigenvalue weighted by Gasteiger charge is 2.36. The molecule has 0 aliphatic heterocycles. The van der Waals surface area contributed by atoms with Gasteiger partial charge in [0, 0.05) is 12.2 Å². The largest absolute Gasteiger partial charge is 0.460 e. The zero-order chi connectivity index (χ0) is 12.1. The van der Waals surface area contributed by atoms with Crippen molar-refractivity contribution in [1.29, 1.82) is 0 Å². The molecule has 0 aromatic carbocycles. The zero-order valence-electron chi connectivity index (χ0n) is 10.4. The Morgan fingerprint density at radius 1 is 1.47 bits per heavy atom. The molecule has 0 fully saturated rings. The minimum Gasteiger partial charge on any atom is -0.460 e. The molecule has 0 radical (unpaired) electrons. The van der Waals surface area contributed by atoms with Crippen molar-refractivity contribution >= 4 is 14.3 Å². The van der Waals surface area contributed by atoms with E-state index in [1.807, 2.05) is 13.8 Å². The maximum absolute atomic E-state index is 11.4. The standard InChI is InChI=1S/C11H22O3Si/c1-7-13-15(6,8-2)10(5)14-11(12)9(3)4/h10H,3,7-8H2,1-2,4-6H3. The summed E-state index contributed by atoms with van der Waals surface area (Å²) in [6.07, 6.45) is 0. The summed E-state index contributed by atoms with van der Waals surface area (Å²) in [7, 11) is -1.92. The fourth-order valence-electron chi connectivity index (χ4n) is 1.22. The molecule has 0 spiro atoms. The van der Waals surface area contributed by atoms with Crippen LogP contribution in [0.2, 0.25) is 12.6 Å². The van der Waals surface area contributed by atoms with Crippen LogP contribution in [0, 0.1) is 0 Å². The van der Waals surface area contributed by atoms with Gasteiger partial charge in [0.2, 0.25) is 8.32 Å². The smallest absolute Gasteiger partial charge is 0.333 e.